The number of nitrogens with two attached hydrogens (primary N) is 1. The van der Waals surface area contributed by atoms with Crippen molar-refractivity contribution in [3.05, 3.63) is 23.8 Å². The van der Waals surface area contributed by atoms with Gasteiger partial charge in [-0.05, 0) is 43.4 Å². The summed E-state index contributed by atoms with van der Waals surface area (Å²) >= 11 is 0. The summed E-state index contributed by atoms with van der Waals surface area (Å²) in [7, 11) is -1.58. The second-order valence-electron chi connectivity index (χ2n) is 5.39. The summed E-state index contributed by atoms with van der Waals surface area (Å²) in [5.41, 5.74) is 6.03. The summed E-state index contributed by atoms with van der Waals surface area (Å²) in [5, 5.41) is 0. The molecule has 5 nitrogen and oxygen atoms in total. The van der Waals surface area contributed by atoms with Gasteiger partial charge in [0.2, 0.25) is 0 Å². The number of hydrogen-bond acceptors (Lipinski definition) is 5. The predicted molar refractivity (Wildman–Crippen MR) is 82.4 cm³/mol. The van der Waals surface area contributed by atoms with Crippen molar-refractivity contribution in [1.29, 1.82) is 0 Å². The summed E-state index contributed by atoms with van der Waals surface area (Å²) in [6.45, 7) is 0.143. The van der Waals surface area contributed by atoms with Crippen molar-refractivity contribution < 1.29 is 17.9 Å². The monoisotopic (exact) mass is 313 g/mol. The lowest BCUT2D eigenvalue weighted by atomic mass is 10.2. The fourth-order valence-corrected chi connectivity index (χ4v) is 3.79. The van der Waals surface area contributed by atoms with Crippen molar-refractivity contribution in [1.82, 2.24) is 0 Å². The maximum Gasteiger partial charge on any atom is 0.161 e. The first kappa shape index (κ1) is 16.1. The molecular weight excluding hydrogens is 290 g/mol. The van der Waals surface area contributed by atoms with Crippen LogP contribution in [-0.4, -0.2) is 33.9 Å². The van der Waals surface area contributed by atoms with Crippen LogP contribution >= 0.6 is 0 Å². The van der Waals surface area contributed by atoms with Crippen molar-refractivity contribution in [3.63, 3.8) is 0 Å². The third-order valence-electron chi connectivity index (χ3n) is 3.64. The summed E-state index contributed by atoms with van der Waals surface area (Å²) in [5.74, 6) is 1.25. The minimum absolute atomic E-state index is 0.00214. The van der Waals surface area contributed by atoms with E-state index in [1.807, 2.05) is 0 Å². The highest BCUT2D eigenvalue weighted by atomic mass is 32.2. The summed E-state index contributed by atoms with van der Waals surface area (Å²) in [6.07, 6.45) is 4.64. The Labute approximate surface area is 126 Å². The molecule has 1 aliphatic rings. The van der Waals surface area contributed by atoms with Gasteiger partial charge >= 0.3 is 0 Å². The molecule has 1 fully saturated rings. The number of rotatable bonds is 7. The van der Waals surface area contributed by atoms with Crippen LogP contribution in [-0.2, 0) is 15.6 Å². The van der Waals surface area contributed by atoms with Crippen LogP contribution in [0.3, 0.4) is 0 Å². The second-order valence-corrected chi connectivity index (χ2v) is 7.57. The van der Waals surface area contributed by atoms with Crippen molar-refractivity contribution in [3.8, 4) is 11.5 Å². The Morgan fingerprint density at radius 3 is 2.57 bits per heavy atom. The molecule has 21 heavy (non-hydrogen) atoms. The van der Waals surface area contributed by atoms with Crippen LogP contribution in [0.25, 0.3) is 0 Å². The topological polar surface area (TPSA) is 78.6 Å². The minimum Gasteiger partial charge on any atom is -0.493 e. The Bertz CT molecular complexity index is 565. The van der Waals surface area contributed by atoms with Gasteiger partial charge in [-0.25, -0.2) is 8.42 Å². The van der Waals surface area contributed by atoms with E-state index >= 15 is 0 Å². The lowest BCUT2D eigenvalue weighted by molar-refractivity contribution is 0.200. The fourth-order valence-electron chi connectivity index (χ4n) is 2.59. The maximum atomic E-state index is 11.9. The van der Waals surface area contributed by atoms with E-state index < -0.39 is 9.84 Å². The standard InChI is InChI=1S/C15H23NO4S/c1-19-14-7-6-12(11-21(17,18)9-8-16)10-15(14)20-13-4-2-3-5-13/h6-7,10,13H,2-5,8-9,11,16H2,1H3. The van der Waals surface area contributed by atoms with Crippen molar-refractivity contribution in [2.24, 2.45) is 5.73 Å². The van der Waals surface area contributed by atoms with Crippen LogP contribution in [0.1, 0.15) is 31.2 Å². The van der Waals surface area contributed by atoms with Gasteiger partial charge in [0, 0.05) is 6.54 Å². The van der Waals surface area contributed by atoms with Gasteiger partial charge in [-0.2, -0.15) is 0 Å². The summed E-state index contributed by atoms with van der Waals surface area (Å²) in [4.78, 5) is 0. The minimum atomic E-state index is -3.17. The highest BCUT2D eigenvalue weighted by Crippen LogP contribution is 2.32. The van der Waals surface area contributed by atoms with E-state index in [2.05, 4.69) is 0 Å². The lowest BCUT2D eigenvalue weighted by Gasteiger charge is -2.17. The molecule has 0 aromatic heterocycles. The quantitative estimate of drug-likeness (QED) is 0.831. The molecule has 0 radical (unpaired) electrons. The van der Waals surface area contributed by atoms with E-state index in [9.17, 15) is 8.42 Å². The molecule has 6 heteroatoms. The first-order chi connectivity index (χ1) is 10.0. The molecule has 0 heterocycles. The smallest absolute Gasteiger partial charge is 0.161 e. The van der Waals surface area contributed by atoms with Crippen LogP contribution < -0.4 is 15.2 Å². The normalized spacial score (nSPS) is 16.1. The Balaban J connectivity index is 2.16. The maximum absolute atomic E-state index is 11.9. The molecule has 0 unspecified atom stereocenters. The average Bonchev–Trinajstić information content (AvgIpc) is 2.91. The van der Waals surface area contributed by atoms with Gasteiger partial charge in [0.05, 0.1) is 24.7 Å². The Morgan fingerprint density at radius 2 is 1.95 bits per heavy atom. The highest BCUT2D eigenvalue weighted by Gasteiger charge is 2.19. The number of methoxy groups -OCH3 is 1. The largest absolute Gasteiger partial charge is 0.493 e. The molecule has 118 valence electrons. The molecule has 1 aromatic carbocycles. The van der Waals surface area contributed by atoms with Crippen molar-refractivity contribution >= 4 is 9.84 Å². The van der Waals surface area contributed by atoms with Gasteiger partial charge in [-0.3, -0.25) is 0 Å². The van der Waals surface area contributed by atoms with E-state index in [1.54, 1.807) is 25.3 Å². The molecule has 0 saturated heterocycles. The van der Waals surface area contributed by atoms with E-state index in [4.69, 9.17) is 15.2 Å². The molecule has 1 saturated carbocycles. The molecule has 0 bridgehead atoms. The number of ether oxygens (including phenoxy) is 2. The zero-order valence-electron chi connectivity index (χ0n) is 12.4. The lowest BCUT2D eigenvalue weighted by Crippen LogP contribution is -2.17. The molecule has 1 aliphatic carbocycles. The Kier molecular flexibility index (Phi) is 5.47. The summed E-state index contributed by atoms with van der Waals surface area (Å²) in [6, 6.07) is 5.29. The number of hydrogen-bond donors (Lipinski definition) is 1. The third kappa shape index (κ3) is 4.61. The SMILES string of the molecule is COc1ccc(CS(=O)(=O)CCN)cc1OC1CCCC1. The number of benzene rings is 1. The van der Waals surface area contributed by atoms with E-state index in [0.29, 0.717) is 17.1 Å². The molecule has 2 N–H and O–H groups in total. The fraction of sp³-hybridized carbons (Fsp3) is 0.600. The van der Waals surface area contributed by atoms with Crippen molar-refractivity contribution in [2.45, 2.75) is 37.5 Å². The summed E-state index contributed by atoms with van der Waals surface area (Å²) < 4.78 is 35.0. The molecule has 0 spiro atoms. The highest BCUT2D eigenvalue weighted by molar-refractivity contribution is 7.90. The van der Waals surface area contributed by atoms with Crippen molar-refractivity contribution in [2.75, 3.05) is 19.4 Å². The van der Waals surface area contributed by atoms with Crippen LogP contribution in [0.4, 0.5) is 0 Å². The zero-order chi connectivity index (χ0) is 15.3. The molecule has 1 aromatic rings. The van der Waals surface area contributed by atoms with Crippen LogP contribution in [0, 0.1) is 0 Å². The van der Waals surface area contributed by atoms with Gasteiger partial charge in [-0.1, -0.05) is 6.07 Å². The molecule has 0 aliphatic heterocycles. The van der Waals surface area contributed by atoms with Gasteiger partial charge in [0.15, 0.2) is 21.3 Å². The molecule has 2 rings (SSSR count). The van der Waals surface area contributed by atoms with Gasteiger partial charge in [0.1, 0.15) is 0 Å². The van der Waals surface area contributed by atoms with Gasteiger partial charge < -0.3 is 15.2 Å². The van der Waals surface area contributed by atoms with Gasteiger partial charge in [0.25, 0.3) is 0 Å². The van der Waals surface area contributed by atoms with Crippen LogP contribution in [0.15, 0.2) is 18.2 Å². The van der Waals surface area contributed by atoms with Crippen LogP contribution in [0.2, 0.25) is 0 Å². The van der Waals surface area contributed by atoms with E-state index in [1.165, 1.54) is 12.8 Å². The first-order valence-electron chi connectivity index (χ1n) is 7.28. The van der Waals surface area contributed by atoms with Crippen LogP contribution in [0.5, 0.6) is 11.5 Å². The van der Waals surface area contributed by atoms with E-state index in [0.717, 1.165) is 12.8 Å². The molecule has 0 amide bonds. The zero-order valence-corrected chi connectivity index (χ0v) is 13.2. The Morgan fingerprint density at radius 1 is 1.24 bits per heavy atom. The number of sulfone groups is 1. The first-order valence-corrected chi connectivity index (χ1v) is 9.10. The Hall–Kier alpha value is -1.27. The molecule has 0 atom stereocenters. The van der Waals surface area contributed by atoms with Gasteiger partial charge in [-0.15, -0.1) is 0 Å². The third-order valence-corrected chi connectivity index (χ3v) is 5.27. The average molecular weight is 313 g/mol. The molecular formula is C15H23NO4S. The second kappa shape index (κ2) is 7.13. The van der Waals surface area contributed by atoms with E-state index in [-0.39, 0.29) is 24.2 Å². The predicted octanol–water partition coefficient (Wildman–Crippen LogP) is 1.89.